The maximum Gasteiger partial charge on any atom is 0.0543 e. The molecule has 9 atom stereocenters. The van der Waals surface area contributed by atoms with Crippen molar-refractivity contribution < 1.29 is 5.11 Å². The largest absolute Gasteiger partial charge is 0.393 e. The van der Waals surface area contributed by atoms with Crippen LogP contribution in [0, 0.1) is 52.3 Å². The highest BCUT2D eigenvalue weighted by Gasteiger charge is 2.60. The van der Waals surface area contributed by atoms with Crippen molar-refractivity contribution >= 4 is 0 Å². The van der Waals surface area contributed by atoms with Crippen LogP contribution in [0.2, 0.25) is 0 Å². The van der Waals surface area contributed by atoms with Crippen LogP contribution >= 0.6 is 0 Å². The molecule has 0 aromatic heterocycles. The Bertz CT molecular complexity index is 579. The molecule has 0 aromatic rings. The van der Waals surface area contributed by atoms with Crippen LogP contribution in [-0.2, 0) is 0 Å². The Morgan fingerprint density at radius 1 is 0.893 bits per heavy atom. The summed E-state index contributed by atoms with van der Waals surface area (Å²) in [6.45, 7) is 12.4. The topological polar surface area (TPSA) is 20.2 Å². The molecule has 0 bridgehead atoms. The van der Waals surface area contributed by atoms with Gasteiger partial charge in [-0.3, -0.25) is 0 Å². The summed E-state index contributed by atoms with van der Waals surface area (Å²) in [5.41, 5.74) is 1.09. The van der Waals surface area contributed by atoms with Crippen molar-refractivity contribution in [3.05, 3.63) is 12.2 Å². The van der Waals surface area contributed by atoms with Gasteiger partial charge in [-0.15, -0.1) is 0 Å². The normalized spacial score (nSPS) is 49.7. The maximum atomic E-state index is 10.2. The number of hydrogen-bond donors (Lipinski definition) is 1. The minimum absolute atomic E-state index is 0.0159. The molecule has 0 radical (unpaired) electrons. The van der Waals surface area contributed by atoms with Crippen LogP contribution in [0.1, 0.15) is 98.8 Å². The summed E-state index contributed by atoms with van der Waals surface area (Å²) < 4.78 is 0. The first kappa shape index (κ1) is 21.0. The third-order valence-electron chi connectivity index (χ3n) is 10.4. The second-order valence-corrected chi connectivity index (χ2v) is 12.2. The monoisotopic (exact) mass is 386 g/mol. The first-order valence-electron chi connectivity index (χ1n) is 12.6. The van der Waals surface area contributed by atoms with Crippen LogP contribution in [0.15, 0.2) is 12.2 Å². The zero-order valence-electron chi connectivity index (χ0n) is 19.3. The first-order chi connectivity index (χ1) is 13.3. The predicted molar refractivity (Wildman–Crippen MR) is 119 cm³/mol. The van der Waals surface area contributed by atoms with E-state index in [4.69, 9.17) is 0 Å². The first-order valence-corrected chi connectivity index (χ1v) is 12.6. The minimum atomic E-state index is -0.0159. The van der Waals surface area contributed by atoms with E-state index >= 15 is 0 Å². The summed E-state index contributed by atoms with van der Waals surface area (Å²) in [7, 11) is 0. The van der Waals surface area contributed by atoms with E-state index in [1.807, 2.05) is 0 Å². The minimum Gasteiger partial charge on any atom is -0.393 e. The number of hydrogen-bond acceptors (Lipinski definition) is 1. The molecule has 0 spiro atoms. The fourth-order valence-corrected chi connectivity index (χ4v) is 8.84. The van der Waals surface area contributed by atoms with Crippen molar-refractivity contribution in [2.75, 3.05) is 0 Å². The maximum absolute atomic E-state index is 10.2. The van der Waals surface area contributed by atoms with Gasteiger partial charge in [-0.2, -0.15) is 0 Å². The molecule has 1 heteroatoms. The smallest absolute Gasteiger partial charge is 0.0543 e. The van der Waals surface area contributed by atoms with Crippen LogP contribution < -0.4 is 0 Å². The van der Waals surface area contributed by atoms with Gasteiger partial charge in [0.15, 0.2) is 0 Å². The van der Waals surface area contributed by atoms with Crippen molar-refractivity contribution in [3.8, 4) is 0 Å². The molecule has 0 aliphatic heterocycles. The van der Waals surface area contributed by atoms with Gasteiger partial charge in [0, 0.05) is 0 Å². The highest BCUT2D eigenvalue weighted by Crippen LogP contribution is 2.68. The summed E-state index contributed by atoms with van der Waals surface area (Å²) in [5.74, 6) is 6.05. The number of allylic oxidation sites excluding steroid dienone is 2. The Labute approximate surface area is 174 Å². The van der Waals surface area contributed by atoms with Crippen molar-refractivity contribution in [2.24, 2.45) is 52.3 Å². The summed E-state index contributed by atoms with van der Waals surface area (Å²) >= 11 is 0. The molecule has 1 N–H and O–H groups in total. The number of fused-ring (bicyclic) bond motifs is 5. The second-order valence-electron chi connectivity index (χ2n) is 12.2. The van der Waals surface area contributed by atoms with E-state index in [1.54, 1.807) is 0 Å². The molecule has 0 heterocycles. The zero-order chi connectivity index (χ0) is 20.1. The molecule has 1 nitrogen and oxygen atoms in total. The molecule has 4 rings (SSSR count). The molecule has 4 fully saturated rings. The van der Waals surface area contributed by atoms with Gasteiger partial charge >= 0.3 is 0 Å². The Morgan fingerprint density at radius 2 is 1.61 bits per heavy atom. The van der Waals surface area contributed by atoms with E-state index in [2.05, 4.69) is 46.8 Å². The average Bonchev–Trinajstić information content (AvgIpc) is 2.99. The summed E-state index contributed by atoms with van der Waals surface area (Å²) in [4.78, 5) is 0. The van der Waals surface area contributed by atoms with E-state index in [9.17, 15) is 5.11 Å². The quantitative estimate of drug-likeness (QED) is 0.505. The SMILES string of the molecule is CC(C)C/C=C/[C@@H](C)[C@H]1CC[C@H]2[C@@H]3CC[C@H]4C[C@@H](O)CC[C@]4(C)[C@H]3CC[C@]12C. The molecule has 0 amide bonds. The van der Waals surface area contributed by atoms with Crippen LogP contribution in [-0.4, -0.2) is 11.2 Å². The zero-order valence-corrected chi connectivity index (χ0v) is 19.3. The van der Waals surface area contributed by atoms with E-state index in [-0.39, 0.29) is 6.10 Å². The molecular formula is C27H46O. The lowest BCUT2D eigenvalue weighted by Crippen LogP contribution is -2.54. The standard InChI is InChI=1S/C27H46O/c1-18(2)7-6-8-19(3)23-11-12-24-22-10-9-20-17-21(28)13-15-26(20,4)25(22)14-16-27(23,24)5/h6,8,18-25,28H,7,9-17H2,1-5H3/b8-6+/t19-,20+,21+,22+,23-,24+,25+,26+,27-/m1/s1. The fourth-order valence-electron chi connectivity index (χ4n) is 8.84. The highest BCUT2D eigenvalue weighted by atomic mass is 16.3. The van der Waals surface area contributed by atoms with Gasteiger partial charge in [0.05, 0.1) is 6.10 Å². The molecule has 28 heavy (non-hydrogen) atoms. The van der Waals surface area contributed by atoms with E-state index in [0.717, 1.165) is 54.3 Å². The van der Waals surface area contributed by atoms with Gasteiger partial charge in [0.1, 0.15) is 0 Å². The lowest BCUT2D eigenvalue weighted by molar-refractivity contribution is -0.128. The lowest BCUT2D eigenvalue weighted by atomic mass is 9.44. The molecule has 0 aromatic carbocycles. The number of aliphatic hydroxyl groups excluding tert-OH is 1. The van der Waals surface area contributed by atoms with Gasteiger partial charge in [-0.05, 0) is 116 Å². The van der Waals surface area contributed by atoms with Crippen LogP contribution in [0.25, 0.3) is 0 Å². The van der Waals surface area contributed by atoms with E-state index < -0.39 is 0 Å². The summed E-state index contributed by atoms with van der Waals surface area (Å²) in [6, 6.07) is 0. The third-order valence-corrected chi connectivity index (χ3v) is 10.4. The molecule has 160 valence electrons. The number of aliphatic hydroxyl groups is 1. The molecule has 0 saturated heterocycles. The Hall–Kier alpha value is -0.300. The predicted octanol–water partition coefficient (Wildman–Crippen LogP) is 7.24. The summed E-state index contributed by atoms with van der Waals surface area (Å²) in [6.07, 6.45) is 18.3. The lowest BCUT2D eigenvalue weighted by Gasteiger charge is -2.61. The van der Waals surface area contributed by atoms with Crippen LogP contribution in [0.4, 0.5) is 0 Å². The van der Waals surface area contributed by atoms with Crippen LogP contribution in [0.3, 0.4) is 0 Å². The summed E-state index contributed by atoms with van der Waals surface area (Å²) in [5, 5.41) is 10.2. The van der Waals surface area contributed by atoms with E-state index in [1.165, 1.54) is 51.4 Å². The highest BCUT2D eigenvalue weighted by molar-refractivity contribution is 5.11. The molecular weight excluding hydrogens is 340 g/mol. The Morgan fingerprint density at radius 3 is 2.36 bits per heavy atom. The van der Waals surface area contributed by atoms with E-state index in [0.29, 0.717) is 10.8 Å². The van der Waals surface area contributed by atoms with Crippen molar-refractivity contribution in [1.29, 1.82) is 0 Å². The third kappa shape index (κ3) is 3.42. The van der Waals surface area contributed by atoms with Gasteiger partial charge < -0.3 is 5.11 Å². The van der Waals surface area contributed by atoms with Crippen molar-refractivity contribution in [2.45, 2.75) is 105 Å². The Balaban J connectivity index is 1.50. The Kier molecular flexibility index (Phi) is 5.80. The number of rotatable bonds is 4. The molecule has 4 aliphatic carbocycles. The van der Waals surface area contributed by atoms with Gasteiger partial charge in [0.25, 0.3) is 0 Å². The van der Waals surface area contributed by atoms with Crippen molar-refractivity contribution in [3.63, 3.8) is 0 Å². The fraction of sp³-hybridized carbons (Fsp3) is 0.926. The van der Waals surface area contributed by atoms with Gasteiger partial charge in [-0.1, -0.05) is 46.8 Å². The second kappa shape index (κ2) is 7.75. The van der Waals surface area contributed by atoms with Gasteiger partial charge in [-0.25, -0.2) is 0 Å². The molecule has 4 saturated carbocycles. The van der Waals surface area contributed by atoms with Crippen molar-refractivity contribution in [1.82, 2.24) is 0 Å². The van der Waals surface area contributed by atoms with Crippen LogP contribution in [0.5, 0.6) is 0 Å². The van der Waals surface area contributed by atoms with Gasteiger partial charge in [0.2, 0.25) is 0 Å². The molecule has 4 aliphatic rings. The average molecular weight is 387 g/mol. The molecule has 0 unspecified atom stereocenters.